The second kappa shape index (κ2) is 7.13. The number of nitrogens with zero attached hydrogens (tertiary/aromatic N) is 1. The topological polar surface area (TPSA) is 70.5 Å². The molecule has 0 bridgehead atoms. The summed E-state index contributed by atoms with van der Waals surface area (Å²) in [7, 11) is 0. The van der Waals surface area contributed by atoms with Crippen molar-refractivity contribution in [2.75, 3.05) is 6.61 Å². The number of rotatable bonds is 1. The molecule has 6 aliphatic rings. The van der Waals surface area contributed by atoms with Crippen LogP contribution in [0, 0.1) is 67.5 Å². The summed E-state index contributed by atoms with van der Waals surface area (Å²) in [5, 5.41) is 9.90. The van der Waals surface area contributed by atoms with Crippen molar-refractivity contribution >= 4 is 11.6 Å². The van der Waals surface area contributed by atoms with Gasteiger partial charge in [0.25, 0.3) is 0 Å². The average Bonchev–Trinajstić information content (AvgIpc) is 3.63. The van der Waals surface area contributed by atoms with E-state index in [0.29, 0.717) is 29.8 Å². The Bertz CT molecular complexity index is 1110. The molecule has 0 aromatic rings. The number of hydrogen-bond acceptors (Lipinski definition) is 4. The lowest BCUT2D eigenvalue weighted by Gasteiger charge is -2.72. The molecule has 0 aromatic heterocycles. The Balaban J connectivity index is 1.47. The van der Waals surface area contributed by atoms with Crippen LogP contribution >= 0.6 is 0 Å². The molecule has 4 nitrogen and oxygen atoms in total. The molecule has 5 aliphatic carbocycles. The fraction of sp³-hybridized carbons (Fsp3) is 0.844. The molecule has 0 radical (unpaired) electrons. The molecule has 4 saturated carbocycles. The van der Waals surface area contributed by atoms with Crippen LogP contribution in [-0.4, -0.2) is 24.3 Å². The molecule has 0 spiro atoms. The van der Waals surface area contributed by atoms with Crippen LogP contribution in [0.2, 0.25) is 0 Å². The Morgan fingerprint density at radius 1 is 0.917 bits per heavy atom. The van der Waals surface area contributed by atoms with Crippen molar-refractivity contribution in [1.82, 2.24) is 0 Å². The van der Waals surface area contributed by atoms with Crippen LogP contribution in [0.4, 0.5) is 0 Å². The van der Waals surface area contributed by atoms with Crippen LogP contribution in [0.5, 0.6) is 0 Å². The number of hydrogen-bond donors (Lipinski definition) is 0. The van der Waals surface area contributed by atoms with Gasteiger partial charge in [-0.1, -0.05) is 54.5 Å². The van der Waals surface area contributed by atoms with Crippen molar-refractivity contribution in [1.29, 1.82) is 5.26 Å². The molecular formula is C32H45NO3. The lowest BCUT2D eigenvalue weighted by Crippen LogP contribution is -2.69. The Hall–Kier alpha value is -1.47. The number of Topliss-reactive ketones (excluding diaryl/α,β-unsaturated/α-hetero) is 2. The third kappa shape index (κ3) is 2.85. The molecule has 1 aliphatic heterocycles. The van der Waals surface area contributed by atoms with E-state index in [2.05, 4.69) is 40.7 Å². The van der Waals surface area contributed by atoms with Gasteiger partial charge in [-0.2, -0.15) is 5.26 Å². The van der Waals surface area contributed by atoms with E-state index >= 15 is 0 Å². The summed E-state index contributed by atoms with van der Waals surface area (Å²) < 4.78 is 6.02. The number of nitriles is 1. The SMILES string of the molecule is CC1(C)CC[C@]2(C3CO3)CC[C@]3(C)[C@H](C(=O)C[C@@H]4[C@@]5(C)C=C(C#N)C(=O)C(C)(C)[C@@H]5CC[C@]43C)[C@@H]2C1. The normalized spacial score (nSPS) is 52.6. The lowest BCUT2D eigenvalue weighted by molar-refractivity contribution is -0.224. The standard InChI is InChI=1S/C32H45NO3/c1-27(2)10-12-32(24-18-36-24)13-11-31(7)25(20(32)16-27)21(34)14-23-29(5)15-19(17-33)26(35)28(3,4)22(29)8-9-30(23,31)6/h15,20,22-25H,8-14,16,18H2,1-7H3/t20-,22-,23+,24?,25-,29-,30+,31+,32-/m0/s1. The molecule has 1 saturated heterocycles. The zero-order valence-electron chi connectivity index (χ0n) is 23.5. The number of ether oxygens (including phenoxy) is 1. The molecule has 6 rings (SSSR count). The van der Waals surface area contributed by atoms with Gasteiger partial charge in [-0.15, -0.1) is 0 Å². The maximum absolute atomic E-state index is 14.5. The number of carbonyl (C=O) groups is 2. The van der Waals surface area contributed by atoms with Gasteiger partial charge in [0.2, 0.25) is 0 Å². The summed E-state index contributed by atoms with van der Waals surface area (Å²) in [5.74, 6) is 1.26. The van der Waals surface area contributed by atoms with E-state index in [1.54, 1.807) is 0 Å². The van der Waals surface area contributed by atoms with E-state index in [-0.39, 0.29) is 50.6 Å². The molecule has 1 heterocycles. The Labute approximate surface area is 217 Å². The highest BCUT2D eigenvalue weighted by molar-refractivity contribution is 6.04. The highest BCUT2D eigenvalue weighted by Gasteiger charge is 2.73. The lowest BCUT2D eigenvalue weighted by atomic mass is 9.31. The van der Waals surface area contributed by atoms with Gasteiger partial charge < -0.3 is 4.74 Å². The summed E-state index contributed by atoms with van der Waals surface area (Å²) in [6.07, 6.45) is 10.8. The van der Waals surface area contributed by atoms with Gasteiger partial charge in [-0.25, -0.2) is 0 Å². The number of allylic oxidation sites excluding steroid dienone is 2. The van der Waals surface area contributed by atoms with E-state index in [9.17, 15) is 14.9 Å². The minimum atomic E-state index is -0.574. The minimum Gasteiger partial charge on any atom is -0.373 e. The van der Waals surface area contributed by atoms with Gasteiger partial charge in [0.1, 0.15) is 11.9 Å². The van der Waals surface area contributed by atoms with Crippen LogP contribution in [0.15, 0.2) is 11.6 Å². The Kier molecular flexibility index (Phi) is 4.92. The fourth-order valence-electron chi connectivity index (χ4n) is 11.3. The van der Waals surface area contributed by atoms with Crippen molar-refractivity contribution < 1.29 is 14.3 Å². The summed E-state index contributed by atoms with van der Waals surface area (Å²) in [6.45, 7) is 17.0. The first kappa shape index (κ1) is 24.8. The van der Waals surface area contributed by atoms with Crippen molar-refractivity contribution in [3.63, 3.8) is 0 Å². The minimum absolute atomic E-state index is 0.00250. The predicted octanol–water partition coefficient (Wildman–Crippen LogP) is 6.68. The highest BCUT2D eigenvalue weighted by atomic mass is 16.6. The van der Waals surface area contributed by atoms with Gasteiger partial charge in [0.15, 0.2) is 5.78 Å². The molecule has 1 unspecified atom stereocenters. The molecule has 0 aromatic carbocycles. The summed E-state index contributed by atoms with van der Waals surface area (Å²) in [5.41, 5.74) is -0.209. The van der Waals surface area contributed by atoms with Gasteiger partial charge in [0, 0.05) is 23.2 Å². The predicted molar refractivity (Wildman–Crippen MR) is 139 cm³/mol. The van der Waals surface area contributed by atoms with Gasteiger partial charge in [-0.05, 0) is 84.4 Å². The highest BCUT2D eigenvalue weighted by Crippen LogP contribution is 2.76. The van der Waals surface area contributed by atoms with Crippen molar-refractivity contribution in [2.24, 2.45) is 56.2 Å². The second-order valence-corrected chi connectivity index (χ2v) is 15.7. The van der Waals surface area contributed by atoms with E-state index < -0.39 is 5.41 Å². The molecule has 4 heteroatoms. The maximum Gasteiger partial charge on any atom is 0.178 e. The molecule has 0 amide bonds. The van der Waals surface area contributed by atoms with Gasteiger partial charge in [-0.3, -0.25) is 9.59 Å². The van der Waals surface area contributed by atoms with Crippen LogP contribution in [-0.2, 0) is 14.3 Å². The monoisotopic (exact) mass is 491 g/mol. The Morgan fingerprint density at radius 2 is 1.58 bits per heavy atom. The first-order chi connectivity index (χ1) is 16.7. The summed E-state index contributed by atoms with van der Waals surface area (Å²) in [6, 6.07) is 2.24. The van der Waals surface area contributed by atoms with Crippen molar-refractivity contribution in [2.45, 2.75) is 106 Å². The average molecular weight is 492 g/mol. The quantitative estimate of drug-likeness (QED) is 0.383. The molecule has 196 valence electrons. The second-order valence-electron chi connectivity index (χ2n) is 15.7. The summed E-state index contributed by atoms with van der Waals surface area (Å²) >= 11 is 0. The van der Waals surface area contributed by atoms with Gasteiger partial charge in [0.05, 0.1) is 18.3 Å². The van der Waals surface area contributed by atoms with E-state index in [0.717, 1.165) is 32.3 Å². The molecule has 0 N–H and O–H groups in total. The van der Waals surface area contributed by atoms with E-state index in [4.69, 9.17) is 4.74 Å². The van der Waals surface area contributed by atoms with E-state index in [1.807, 2.05) is 19.9 Å². The number of ketones is 2. The van der Waals surface area contributed by atoms with Gasteiger partial charge >= 0.3 is 0 Å². The largest absolute Gasteiger partial charge is 0.373 e. The zero-order valence-corrected chi connectivity index (χ0v) is 23.5. The first-order valence-corrected chi connectivity index (χ1v) is 14.5. The van der Waals surface area contributed by atoms with Crippen LogP contribution in [0.25, 0.3) is 0 Å². The Morgan fingerprint density at radius 3 is 2.22 bits per heavy atom. The third-order valence-electron chi connectivity index (χ3n) is 13.5. The number of carbonyl (C=O) groups excluding carboxylic acids is 2. The summed E-state index contributed by atoms with van der Waals surface area (Å²) in [4.78, 5) is 27.7. The van der Waals surface area contributed by atoms with Crippen LogP contribution in [0.1, 0.15) is 99.8 Å². The molecule has 9 atom stereocenters. The number of epoxide rings is 1. The molecule has 36 heavy (non-hydrogen) atoms. The maximum atomic E-state index is 14.5. The third-order valence-corrected chi connectivity index (χ3v) is 13.5. The van der Waals surface area contributed by atoms with E-state index in [1.165, 1.54) is 19.3 Å². The smallest absolute Gasteiger partial charge is 0.178 e. The van der Waals surface area contributed by atoms with Crippen molar-refractivity contribution in [3.05, 3.63) is 11.6 Å². The zero-order chi connectivity index (χ0) is 26.1. The number of fused-ring (bicyclic) bond motifs is 7. The molecule has 5 fully saturated rings. The molecular weight excluding hydrogens is 446 g/mol. The van der Waals surface area contributed by atoms with Crippen molar-refractivity contribution in [3.8, 4) is 6.07 Å². The van der Waals surface area contributed by atoms with Crippen LogP contribution in [0.3, 0.4) is 0 Å². The first-order valence-electron chi connectivity index (χ1n) is 14.5. The van der Waals surface area contributed by atoms with Crippen LogP contribution < -0.4 is 0 Å². The fourth-order valence-corrected chi connectivity index (χ4v) is 11.3.